The van der Waals surface area contributed by atoms with Gasteiger partial charge in [0.2, 0.25) is 0 Å². The Bertz CT molecular complexity index is 571. The van der Waals surface area contributed by atoms with Gasteiger partial charge in [-0.2, -0.15) is 0 Å². The second-order valence-electron chi connectivity index (χ2n) is 3.54. The minimum Gasteiger partial charge on any atom is -0.305 e. The third-order valence-electron chi connectivity index (χ3n) is 2.39. The zero-order chi connectivity index (χ0) is 12.3. The van der Waals surface area contributed by atoms with E-state index in [2.05, 4.69) is 0 Å². The van der Waals surface area contributed by atoms with Gasteiger partial charge in [0.05, 0.1) is 0 Å². The Morgan fingerprint density at radius 3 is 2.59 bits per heavy atom. The Morgan fingerprint density at radius 1 is 1.29 bits per heavy atom. The van der Waals surface area contributed by atoms with E-state index in [0.717, 1.165) is 11.3 Å². The fraction of sp³-hybridized carbons (Fsp3) is 0.167. The van der Waals surface area contributed by atoms with E-state index < -0.39 is 0 Å². The number of hydrogen-bond donors (Lipinski definition) is 0. The van der Waals surface area contributed by atoms with Gasteiger partial charge >= 0.3 is 4.87 Å². The first-order valence-corrected chi connectivity index (χ1v) is 5.97. The molecule has 0 atom stereocenters. The van der Waals surface area contributed by atoms with E-state index in [0.29, 0.717) is 12.1 Å². The van der Waals surface area contributed by atoms with Crippen LogP contribution in [0.1, 0.15) is 16.8 Å². The molecule has 0 amide bonds. The topological polar surface area (TPSA) is 39.1 Å². The summed E-state index contributed by atoms with van der Waals surface area (Å²) in [5.74, 6) is -0.460. The molecule has 0 spiro atoms. The third kappa shape index (κ3) is 2.88. The van der Waals surface area contributed by atoms with Gasteiger partial charge in [0.1, 0.15) is 5.82 Å². The van der Waals surface area contributed by atoms with E-state index in [1.165, 1.54) is 28.8 Å². The Hall–Kier alpha value is -1.75. The van der Waals surface area contributed by atoms with Crippen LogP contribution >= 0.6 is 11.3 Å². The Labute approximate surface area is 101 Å². The van der Waals surface area contributed by atoms with Crippen LogP contribution in [0.25, 0.3) is 0 Å². The normalized spacial score (nSPS) is 10.4. The van der Waals surface area contributed by atoms with Crippen molar-refractivity contribution in [3.63, 3.8) is 0 Å². The lowest BCUT2D eigenvalue weighted by Gasteiger charge is -2.01. The molecule has 5 heteroatoms. The van der Waals surface area contributed by atoms with Crippen molar-refractivity contribution in [1.82, 2.24) is 4.57 Å². The second-order valence-corrected chi connectivity index (χ2v) is 4.40. The van der Waals surface area contributed by atoms with E-state index in [1.807, 2.05) is 0 Å². The van der Waals surface area contributed by atoms with Crippen LogP contribution in [-0.4, -0.2) is 10.4 Å². The molecule has 0 unspecified atom stereocenters. The average Bonchev–Trinajstić information content (AvgIpc) is 2.73. The summed E-state index contributed by atoms with van der Waals surface area (Å²) in [6, 6.07) is 5.41. The monoisotopic (exact) mass is 251 g/mol. The van der Waals surface area contributed by atoms with Gasteiger partial charge in [-0.05, 0) is 24.3 Å². The van der Waals surface area contributed by atoms with Crippen molar-refractivity contribution in [2.24, 2.45) is 0 Å². The lowest BCUT2D eigenvalue weighted by Crippen LogP contribution is -2.14. The van der Waals surface area contributed by atoms with Gasteiger partial charge < -0.3 is 4.57 Å². The number of rotatable bonds is 4. The van der Waals surface area contributed by atoms with Gasteiger partial charge in [0.25, 0.3) is 0 Å². The first-order chi connectivity index (χ1) is 8.16. The number of nitrogens with zero attached hydrogens (tertiary/aromatic N) is 1. The molecule has 0 N–H and O–H groups in total. The number of carbonyl (C=O) groups is 1. The van der Waals surface area contributed by atoms with E-state index in [4.69, 9.17) is 0 Å². The Balaban J connectivity index is 2.00. The predicted molar refractivity (Wildman–Crippen MR) is 63.9 cm³/mol. The summed E-state index contributed by atoms with van der Waals surface area (Å²) in [5.41, 5.74) is 0.467. The minimum atomic E-state index is -0.365. The Morgan fingerprint density at radius 2 is 2.00 bits per heavy atom. The number of hydrogen-bond acceptors (Lipinski definition) is 3. The summed E-state index contributed by atoms with van der Waals surface area (Å²) < 4.78 is 14.1. The highest BCUT2D eigenvalue weighted by atomic mass is 32.1. The molecule has 1 aromatic carbocycles. The van der Waals surface area contributed by atoms with Crippen molar-refractivity contribution in [2.45, 2.75) is 13.0 Å². The van der Waals surface area contributed by atoms with Gasteiger partial charge in [-0.15, -0.1) is 0 Å². The number of aryl methyl sites for hydroxylation is 1. The number of halogens is 1. The first kappa shape index (κ1) is 11.7. The Kier molecular flexibility index (Phi) is 3.49. The SMILES string of the molecule is O=C(CCn1ccsc1=O)c1ccc(F)cc1. The highest BCUT2D eigenvalue weighted by Gasteiger charge is 2.06. The highest BCUT2D eigenvalue weighted by Crippen LogP contribution is 2.06. The maximum atomic E-state index is 12.7. The zero-order valence-electron chi connectivity index (χ0n) is 8.93. The van der Waals surface area contributed by atoms with Crippen molar-refractivity contribution in [1.29, 1.82) is 0 Å². The van der Waals surface area contributed by atoms with Gasteiger partial charge in [0.15, 0.2) is 5.78 Å². The van der Waals surface area contributed by atoms with Crippen LogP contribution in [0.15, 0.2) is 40.6 Å². The highest BCUT2D eigenvalue weighted by molar-refractivity contribution is 7.07. The van der Waals surface area contributed by atoms with Crippen molar-refractivity contribution in [3.8, 4) is 0 Å². The molecule has 3 nitrogen and oxygen atoms in total. The van der Waals surface area contributed by atoms with Crippen molar-refractivity contribution in [2.75, 3.05) is 0 Å². The number of Topliss-reactive ketones (excluding diaryl/α,β-unsaturated/α-hetero) is 1. The van der Waals surface area contributed by atoms with Crippen molar-refractivity contribution >= 4 is 17.1 Å². The van der Waals surface area contributed by atoms with Crippen LogP contribution < -0.4 is 4.87 Å². The molecule has 0 fully saturated rings. The summed E-state index contributed by atoms with van der Waals surface area (Å²) in [4.78, 5) is 22.9. The molecule has 0 saturated heterocycles. The van der Waals surface area contributed by atoms with Gasteiger partial charge in [-0.3, -0.25) is 9.59 Å². The first-order valence-electron chi connectivity index (χ1n) is 5.09. The molecule has 0 aliphatic carbocycles. The van der Waals surface area contributed by atoms with Gasteiger partial charge in [-0.1, -0.05) is 11.3 Å². The maximum Gasteiger partial charge on any atom is 0.307 e. The van der Waals surface area contributed by atoms with E-state index >= 15 is 0 Å². The zero-order valence-corrected chi connectivity index (χ0v) is 9.74. The number of ketones is 1. The molecule has 2 aromatic rings. The molecule has 0 radical (unpaired) electrons. The summed E-state index contributed by atoms with van der Waals surface area (Å²) in [6.07, 6.45) is 1.90. The van der Waals surface area contributed by atoms with Gasteiger partial charge in [-0.25, -0.2) is 4.39 Å². The molecule has 1 aromatic heterocycles. The van der Waals surface area contributed by atoms with E-state index in [1.54, 1.807) is 11.6 Å². The standard InChI is InChI=1S/C12H10FNO2S/c13-10-3-1-9(2-4-10)11(15)5-6-14-7-8-17-12(14)16/h1-4,7-8H,5-6H2. The molecule has 2 rings (SSSR count). The molecule has 17 heavy (non-hydrogen) atoms. The summed E-state index contributed by atoms with van der Waals surface area (Å²) in [6.45, 7) is 0.360. The van der Waals surface area contributed by atoms with Crippen LogP contribution in [0.2, 0.25) is 0 Å². The van der Waals surface area contributed by atoms with Crippen molar-refractivity contribution in [3.05, 3.63) is 56.9 Å². The molecule has 1 heterocycles. The van der Waals surface area contributed by atoms with E-state index in [-0.39, 0.29) is 22.9 Å². The van der Waals surface area contributed by atoms with Crippen LogP contribution in [-0.2, 0) is 6.54 Å². The number of carbonyl (C=O) groups excluding carboxylic acids is 1. The number of aromatic nitrogens is 1. The quantitative estimate of drug-likeness (QED) is 0.782. The molecule has 0 aliphatic rings. The number of benzene rings is 1. The second kappa shape index (κ2) is 5.05. The molecule has 0 aliphatic heterocycles. The predicted octanol–water partition coefficient (Wildman–Crippen LogP) is 2.32. The molecular weight excluding hydrogens is 241 g/mol. The van der Waals surface area contributed by atoms with E-state index in [9.17, 15) is 14.0 Å². The lowest BCUT2D eigenvalue weighted by molar-refractivity contribution is 0.0977. The lowest BCUT2D eigenvalue weighted by atomic mass is 10.1. The third-order valence-corrected chi connectivity index (χ3v) is 3.08. The van der Waals surface area contributed by atoms with Crippen LogP contribution in [0, 0.1) is 5.82 Å². The van der Waals surface area contributed by atoms with Gasteiger partial charge in [0, 0.05) is 30.1 Å². The molecule has 0 bridgehead atoms. The number of thiazole rings is 1. The smallest absolute Gasteiger partial charge is 0.305 e. The molecule has 88 valence electrons. The maximum absolute atomic E-state index is 12.7. The fourth-order valence-electron chi connectivity index (χ4n) is 1.46. The van der Waals surface area contributed by atoms with Crippen LogP contribution in [0.3, 0.4) is 0 Å². The van der Waals surface area contributed by atoms with Crippen molar-refractivity contribution < 1.29 is 9.18 Å². The average molecular weight is 251 g/mol. The molecule has 0 saturated carbocycles. The largest absolute Gasteiger partial charge is 0.307 e. The fourth-order valence-corrected chi connectivity index (χ4v) is 2.07. The van der Waals surface area contributed by atoms with Crippen LogP contribution in [0.4, 0.5) is 4.39 Å². The molecular formula is C12H10FNO2S. The van der Waals surface area contributed by atoms with Crippen LogP contribution in [0.5, 0.6) is 0 Å². The summed E-state index contributed by atoms with van der Waals surface area (Å²) in [7, 11) is 0. The summed E-state index contributed by atoms with van der Waals surface area (Å²) in [5, 5.41) is 1.69. The minimum absolute atomic E-state index is 0.0723. The summed E-state index contributed by atoms with van der Waals surface area (Å²) >= 11 is 1.10.